The molecule has 21 heavy (non-hydrogen) atoms. The van der Waals surface area contributed by atoms with E-state index in [1.54, 1.807) is 4.31 Å². The summed E-state index contributed by atoms with van der Waals surface area (Å²) in [6, 6.07) is 7.59. The van der Waals surface area contributed by atoms with Crippen LogP contribution >= 0.6 is 0 Å². The highest BCUT2D eigenvalue weighted by Gasteiger charge is 2.36. The lowest BCUT2D eigenvalue weighted by Crippen LogP contribution is -2.49. The lowest BCUT2D eigenvalue weighted by molar-refractivity contribution is 0.157. The van der Waals surface area contributed by atoms with Crippen LogP contribution < -0.4 is 5.73 Å². The molecular formula is C16H26N2O2S. The topological polar surface area (TPSA) is 63.4 Å². The number of hydrogen-bond donors (Lipinski definition) is 1. The molecule has 1 fully saturated rings. The van der Waals surface area contributed by atoms with E-state index in [0.29, 0.717) is 24.9 Å². The fourth-order valence-electron chi connectivity index (χ4n) is 3.21. The fourth-order valence-corrected chi connectivity index (χ4v) is 5.24. The molecule has 0 bridgehead atoms. The molecule has 1 aromatic carbocycles. The van der Waals surface area contributed by atoms with Crippen LogP contribution in [-0.2, 0) is 22.3 Å². The highest BCUT2D eigenvalue weighted by Crippen LogP contribution is 2.30. The molecule has 2 N–H and O–H groups in total. The van der Waals surface area contributed by atoms with E-state index in [0.717, 1.165) is 17.5 Å². The van der Waals surface area contributed by atoms with E-state index in [-0.39, 0.29) is 11.8 Å². The number of hydrogen-bond acceptors (Lipinski definition) is 3. The van der Waals surface area contributed by atoms with Crippen molar-refractivity contribution in [2.24, 2.45) is 17.6 Å². The fraction of sp³-hybridized carbons (Fsp3) is 0.625. The Bertz CT molecular complexity index is 586. The van der Waals surface area contributed by atoms with Gasteiger partial charge in [-0.05, 0) is 36.3 Å². The molecule has 3 unspecified atom stereocenters. The predicted molar refractivity (Wildman–Crippen MR) is 86.1 cm³/mol. The minimum absolute atomic E-state index is 0.0458. The Labute approximate surface area is 128 Å². The summed E-state index contributed by atoms with van der Waals surface area (Å²) in [5, 5.41) is 0. The number of nitrogens with zero attached hydrogens (tertiary/aromatic N) is 1. The second-order valence-electron chi connectivity index (χ2n) is 6.36. The molecule has 1 aromatic rings. The third-order valence-corrected chi connectivity index (χ3v) is 6.45. The van der Waals surface area contributed by atoms with E-state index in [9.17, 15) is 8.42 Å². The first-order valence-corrected chi connectivity index (χ1v) is 9.22. The normalized spacial score (nSPS) is 27.7. The molecule has 0 spiro atoms. The van der Waals surface area contributed by atoms with Gasteiger partial charge < -0.3 is 5.73 Å². The number of benzene rings is 1. The van der Waals surface area contributed by atoms with E-state index in [4.69, 9.17) is 5.73 Å². The second kappa shape index (κ2) is 6.46. The van der Waals surface area contributed by atoms with Crippen LogP contribution in [-0.4, -0.2) is 25.3 Å². The smallest absolute Gasteiger partial charge is 0.218 e. The Morgan fingerprint density at radius 2 is 1.81 bits per heavy atom. The summed E-state index contributed by atoms with van der Waals surface area (Å²) < 4.78 is 27.3. The molecular weight excluding hydrogens is 284 g/mol. The molecule has 1 heterocycles. The summed E-state index contributed by atoms with van der Waals surface area (Å²) in [6.45, 7) is 7.27. The summed E-state index contributed by atoms with van der Waals surface area (Å²) in [6.07, 6.45) is 1.09. The van der Waals surface area contributed by atoms with Gasteiger partial charge in [-0.25, -0.2) is 8.42 Å². The zero-order chi connectivity index (χ0) is 15.6. The van der Waals surface area contributed by atoms with Gasteiger partial charge in [-0.1, -0.05) is 38.1 Å². The third-order valence-electron chi connectivity index (χ3n) is 4.58. The summed E-state index contributed by atoms with van der Waals surface area (Å²) in [5.41, 5.74) is 7.44. The van der Waals surface area contributed by atoms with Gasteiger partial charge in [0.15, 0.2) is 0 Å². The van der Waals surface area contributed by atoms with Crippen molar-refractivity contribution in [2.45, 2.75) is 45.5 Å². The van der Waals surface area contributed by atoms with Crippen molar-refractivity contribution < 1.29 is 8.42 Å². The van der Waals surface area contributed by atoms with Crippen LogP contribution in [0.15, 0.2) is 24.3 Å². The lowest BCUT2D eigenvalue weighted by atomic mass is 9.88. The lowest BCUT2D eigenvalue weighted by Gasteiger charge is -2.40. The Kier molecular flexibility index (Phi) is 5.07. The van der Waals surface area contributed by atoms with E-state index in [2.05, 4.69) is 13.8 Å². The quantitative estimate of drug-likeness (QED) is 0.928. The first-order chi connectivity index (χ1) is 9.85. The maximum Gasteiger partial charge on any atom is 0.218 e. The van der Waals surface area contributed by atoms with E-state index < -0.39 is 10.0 Å². The van der Waals surface area contributed by atoms with E-state index in [1.807, 2.05) is 31.2 Å². The first kappa shape index (κ1) is 16.5. The van der Waals surface area contributed by atoms with Crippen molar-refractivity contribution in [2.75, 3.05) is 6.54 Å². The average Bonchev–Trinajstić information content (AvgIpc) is 2.43. The average molecular weight is 310 g/mol. The van der Waals surface area contributed by atoms with Gasteiger partial charge in [-0.15, -0.1) is 0 Å². The monoisotopic (exact) mass is 310 g/mol. The van der Waals surface area contributed by atoms with Crippen molar-refractivity contribution in [1.82, 2.24) is 4.31 Å². The minimum Gasteiger partial charge on any atom is -0.326 e. The van der Waals surface area contributed by atoms with Crippen LogP contribution in [0.1, 0.15) is 38.3 Å². The van der Waals surface area contributed by atoms with Gasteiger partial charge in [0, 0.05) is 19.1 Å². The predicted octanol–water partition coefficient (Wildman–Crippen LogP) is 2.34. The van der Waals surface area contributed by atoms with Gasteiger partial charge >= 0.3 is 0 Å². The van der Waals surface area contributed by atoms with Gasteiger partial charge in [0.2, 0.25) is 10.0 Å². The van der Waals surface area contributed by atoms with Crippen LogP contribution in [0.25, 0.3) is 0 Å². The highest BCUT2D eigenvalue weighted by molar-refractivity contribution is 7.88. The van der Waals surface area contributed by atoms with Crippen molar-refractivity contribution in [3.63, 3.8) is 0 Å². The molecule has 1 aliphatic rings. The molecule has 0 aliphatic carbocycles. The Balaban J connectivity index is 2.25. The molecule has 0 aromatic heterocycles. The molecule has 118 valence electrons. The maximum atomic E-state index is 12.8. The Morgan fingerprint density at radius 1 is 1.19 bits per heavy atom. The van der Waals surface area contributed by atoms with Crippen LogP contribution in [0.2, 0.25) is 0 Å². The summed E-state index contributed by atoms with van der Waals surface area (Å²) in [5.74, 6) is 0.855. The van der Waals surface area contributed by atoms with Gasteiger partial charge in [0.1, 0.15) is 0 Å². The van der Waals surface area contributed by atoms with E-state index >= 15 is 0 Å². The van der Waals surface area contributed by atoms with Crippen LogP contribution in [0.4, 0.5) is 0 Å². The SMILES string of the molecule is CC1CC(C)C(C)N(S(=O)(=O)Cc2ccccc2CN)C1. The molecule has 3 atom stereocenters. The second-order valence-corrected chi connectivity index (χ2v) is 8.28. The minimum atomic E-state index is -3.31. The van der Waals surface area contributed by atoms with Gasteiger partial charge in [-0.2, -0.15) is 4.31 Å². The van der Waals surface area contributed by atoms with Crippen molar-refractivity contribution in [3.05, 3.63) is 35.4 Å². The maximum absolute atomic E-state index is 12.8. The molecule has 2 rings (SSSR count). The zero-order valence-corrected chi connectivity index (χ0v) is 13.9. The summed E-state index contributed by atoms with van der Waals surface area (Å²) >= 11 is 0. The highest BCUT2D eigenvalue weighted by atomic mass is 32.2. The number of sulfonamides is 1. The van der Waals surface area contributed by atoms with Gasteiger partial charge in [0.25, 0.3) is 0 Å². The van der Waals surface area contributed by atoms with Gasteiger partial charge in [0.05, 0.1) is 5.75 Å². The number of rotatable bonds is 4. The Hall–Kier alpha value is -0.910. The van der Waals surface area contributed by atoms with Crippen molar-refractivity contribution >= 4 is 10.0 Å². The molecule has 1 saturated heterocycles. The zero-order valence-electron chi connectivity index (χ0n) is 13.1. The van der Waals surface area contributed by atoms with E-state index in [1.165, 1.54) is 0 Å². The summed E-state index contributed by atoms with van der Waals surface area (Å²) in [7, 11) is -3.31. The first-order valence-electron chi connectivity index (χ1n) is 7.61. The molecule has 0 saturated carbocycles. The van der Waals surface area contributed by atoms with Crippen LogP contribution in [0.5, 0.6) is 0 Å². The molecule has 4 nitrogen and oxygen atoms in total. The largest absolute Gasteiger partial charge is 0.326 e. The molecule has 0 radical (unpaired) electrons. The molecule has 5 heteroatoms. The van der Waals surface area contributed by atoms with Gasteiger partial charge in [-0.3, -0.25) is 0 Å². The Morgan fingerprint density at radius 3 is 2.43 bits per heavy atom. The summed E-state index contributed by atoms with van der Waals surface area (Å²) in [4.78, 5) is 0. The third kappa shape index (κ3) is 3.65. The van der Waals surface area contributed by atoms with Crippen LogP contribution in [0.3, 0.4) is 0 Å². The van der Waals surface area contributed by atoms with Crippen molar-refractivity contribution in [1.29, 1.82) is 0 Å². The standard InChI is InChI=1S/C16H26N2O2S/c1-12-8-13(2)14(3)18(10-12)21(19,20)11-16-7-5-4-6-15(16)9-17/h4-7,12-14H,8-11,17H2,1-3H3. The number of piperidine rings is 1. The van der Waals surface area contributed by atoms with Crippen molar-refractivity contribution in [3.8, 4) is 0 Å². The molecule has 0 amide bonds. The number of nitrogens with two attached hydrogens (primary N) is 1. The molecule has 1 aliphatic heterocycles. The van der Waals surface area contributed by atoms with Crippen LogP contribution in [0, 0.1) is 11.8 Å².